The summed E-state index contributed by atoms with van der Waals surface area (Å²) in [6.07, 6.45) is 1.86. The van der Waals surface area contributed by atoms with E-state index in [9.17, 15) is 9.18 Å². The average Bonchev–Trinajstić information content (AvgIpc) is 2.45. The number of carbonyl (C=O) groups is 1. The van der Waals surface area contributed by atoms with E-state index in [1.807, 2.05) is 13.8 Å². The van der Waals surface area contributed by atoms with E-state index >= 15 is 0 Å². The SMILES string of the molecule is CCCN(CCC)C(=O)NCCOc1ccccc1F. The minimum atomic E-state index is -0.391. The smallest absolute Gasteiger partial charge is 0.317 e. The van der Waals surface area contributed by atoms with Crippen molar-refractivity contribution in [1.82, 2.24) is 10.2 Å². The van der Waals surface area contributed by atoms with Gasteiger partial charge in [-0.15, -0.1) is 0 Å². The predicted octanol–water partition coefficient (Wildman–Crippen LogP) is 3.04. The molecule has 0 aliphatic rings. The van der Waals surface area contributed by atoms with Crippen molar-refractivity contribution in [1.29, 1.82) is 0 Å². The third kappa shape index (κ3) is 5.47. The molecular formula is C15H23FN2O2. The second-order valence-electron chi connectivity index (χ2n) is 4.50. The van der Waals surface area contributed by atoms with E-state index in [1.54, 1.807) is 23.1 Å². The summed E-state index contributed by atoms with van der Waals surface area (Å²) in [4.78, 5) is 13.7. The number of para-hydroxylation sites is 1. The quantitative estimate of drug-likeness (QED) is 0.745. The van der Waals surface area contributed by atoms with Crippen molar-refractivity contribution >= 4 is 6.03 Å². The van der Waals surface area contributed by atoms with Crippen LogP contribution in [-0.4, -0.2) is 37.2 Å². The van der Waals surface area contributed by atoms with Crippen molar-refractivity contribution in [3.63, 3.8) is 0 Å². The highest BCUT2D eigenvalue weighted by Crippen LogP contribution is 2.14. The molecule has 0 fully saturated rings. The van der Waals surface area contributed by atoms with E-state index in [2.05, 4.69) is 5.32 Å². The molecule has 1 aromatic rings. The van der Waals surface area contributed by atoms with Crippen LogP contribution in [0, 0.1) is 5.82 Å². The van der Waals surface area contributed by atoms with Crippen molar-refractivity contribution in [3.05, 3.63) is 30.1 Å². The Morgan fingerprint density at radius 3 is 2.50 bits per heavy atom. The van der Waals surface area contributed by atoms with Crippen LogP contribution in [0.25, 0.3) is 0 Å². The van der Waals surface area contributed by atoms with Crippen LogP contribution in [0.2, 0.25) is 0 Å². The lowest BCUT2D eigenvalue weighted by atomic mass is 10.3. The molecule has 0 spiro atoms. The Morgan fingerprint density at radius 1 is 1.25 bits per heavy atom. The lowest BCUT2D eigenvalue weighted by Crippen LogP contribution is -2.42. The maximum atomic E-state index is 13.3. The number of amides is 2. The van der Waals surface area contributed by atoms with Crippen LogP contribution in [0.5, 0.6) is 5.75 Å². The summed E-state index contributed by atoms with van der Waals surface area (Å²) >= 11 is 0. The summed E-state index contributed by atoms with van der Waals surface area (Å²) in [6, 6.07) is 6.14. The largest absolute Gasteiger partial charge is 0.489 e. The minimum Gasteiger partial charge on any atom is -0.489 e. The number of nitrogens with zero attached hydrogens (tertiary/aromatic N) is 1. The molecule has 0 aromatic heterocycles. The molecule has 0 aliphatic carbocycles. The molecule has 4 nitrogen and oxygen atoms in total. The monoisotopic (exact) mass is 282 g/mol. The highest BCUT2D eigenvalue weighted by molar-refractivity contribution is 5.74. The average molecular weight is 282 g/mol. The highest BCUT2D eigenvalue weighted by Gasteiger charge is 2.10. The van der Waals surface area contributed by atoms with Gasteiger partial charge in [0.25, 0.3) is 0 Å². The topological polar surface area (TPSA) is 41.6 Å². The first-order chi connectivity index (χ1) is 9.69. The normalized spacial score (nSPS) is 10.2. The number of benzene rings is 1. The van der Waals surface area contributed by atoms with Gasteiger partial charge in [-0.3, -0.25) is 0 Å². The van der Waals surface area contributed by atoms with E-state index in [0.717, 1.165) is 25.9 Å². The standard InChI is InChI=1S/C15H23FN2O2/c1-3-10-18(11-4-2)15(19)17-9-12-20-14-8-6-5-7-13(14)16/h5-8H,3-4,9-12H2,1-2H3,(H,17,19). The Kier molecular flexibility index (Phi) is 7.47. The highest BCUT2D eigenvalue weighted by atomic mass is 19.1. The van der Waals surface area contributed by atoms with Gasteiger partial charge >= 0.3 is 6.03 Å². The van der Waals surface area contributed by atoms with E-state index in [0.29, 0.717) is 6.54 Å². The summed E-state index contributed by atoms with van der Waals surface area (Å²) in [5, 5.41) is 2.78. The zero-order chi connectivity index (χ0) is 14.8. The van der Waals surface area contributed by atoms with E-state index in [1.165, 1.54) is 6.07 Å². The lowest BCUT2D eigenvalue weighted by Gasteiger charge is -2.21. The van der Waals surface area contributed by atoms with Gasteiger partial charge in [-0.05, 0) is 25.0 Å². The van der Waals surface area contributed by atoms with E-state index in [-0.39, 0.29) is 18.4 Å². The summed E-state index contributed by atoms with van der Waals surface area (Å²) < 4.78 is 18.6. The molecule has 0 aliphatic heterocycles. The van der Waals surface area contributed by atoms with Crippen LogP contribution in [0.3, 0.4) is 0 Å². The first kappa shape index (κ1) is 16.3. The number of halogens is 1. The second-order valence-corrected chi connectivity index (χ2v) is 4.50. The number of nitrogens with one attached hydrogen (secondary N) is 1. The molecule has 5 heteroatoms. The number of carbonyl (C=O) groups excluding carboxylic acids is 1. The minimum absolute atomic E-state index is 0.0918. The van der Waals surface area contributed by atoms with Gasteiger partial charge in [0.05, 0.1) is 6.54 Å². The summed E-state index contributed by atoms with van der Waals surface area (Å²) in [5.41, 5.74) is 0. The third-order valence-corrected chi connectivity index (χ3v) is 2.75. The fraction of sp³-hybridized carbons (Fsp3) is 0.533. The molecule has 2 amide bonds. The van der Waals surface area contributed by atoms with Gasteiger partial charge in [-0.2, -0.15) is 0 Å². The number of hydrogen-bond acceptors (Lipinski definition) is 2. The third-order valence-electron chi connectivity index (χ3n) is 2.75. The fourth-order valence-corrected chi connectivity index (χ4v) is 1.85. The van der Waals surface area contributed by atoms with Crippen LogP contribution >= 0.6 is 0 Å². The van der Waals surface area contributed by atoms with Crippen molar-refractivity contribution in [3.8, 4) is 5.75 Å². The van der Waals surface area contributed by atoms with Crippen LogP contribution in [-0.2, 0) is 0 Å². The number of urea groups is 1. The van der Waals surface area contributed by atoms with Gasteiger partial charge in [0.1, 0.15) is 6.61 Å². The van der Waals surface area contributed by atoms with Crippen molar-refractivity contribution in [2.45, 2.75) is 26.7 Å². The Hall–Kier alpha value is -1.78. The van der Waals surface area contributed by atoms with Crippen LogP contribution in [0.4, 0.5) is 9.18 Å². The van der Waals surface area contributed by atoms with Gasteiger partial charge in [0.15, 0.2) is 11.6 Å². The molecule has 0 atom stereocenters. The predicted molar refractivity (Wildman–Crippen MR) is 77.4 cm³/mol. The summed E-state index contributed by atoms with van der Waals surface area (Å²) in [7, 11) is 0. The maximum absolute atomic E-state index is 13.3. The van der Waals surface area contributed by atoms with Crippen LogP contribution in [0.1, 0.15) is 26.7 Å². The zero-order valence-corrected chi connectivity index (χ0v) is 12.2. The number of hydrogen-bond donors (Lipinski definition) is 1. The molecule has 1 rings (SSSR count). The van der Waals surface area contributed by atoms with Gasteiger partial charge < -0.3 is 15.0 Å². The molecule has 0 heterocycles. The first-order valence-electron chi connectivity index (χ1n) is 7.09. The van der Waals surface area contributed by atoms with E-state index in [4.69, 9.17) is 4.74 Å². The Bertz CT molecular complexity index is 407. The van der Waals surface area contributed by atoms with Crippen molar-refractivity contribution in [2.24, 2.45) is 0 Å². The molecule has 0 saturated heterocycles. The fourth-order valence-electron chi connectivity index (χ4n) is 1.85. The Balaban J connectivity index is 2.29. The molecule has 112 valence electrons. The molecule has 1 N–H and O–H groups in total. The number of ether oxygens (including phenoxy) is 1. The molecular weight excluding hydrogens is 259 g/mol. The lowest BCUT2D eigenvalue weighted by molar-refractivity contribution is 0.194. The van der Waals surface area contributed by atoms with Crippen LogP contribution < -0.4 is 10.1 Å². The first-order valence-corrected chi connectivity index (χ1v) is 7.09. The van der Waals surface area contributed by atoms with Crippen LogP contribution in [0.15, 0.2) is 24.3 Å². The van der Waals surface area contributed by atoms with Crippen molar-refractivity contribution < 1.29 is 13.9 Å². The zero-order valence-electron chi connectivity index (χ0n) is 12.2. The number of rotatable bonds is 8. The maximum Gasteiger partial charge on any atom is 0.317 e. The van der Waals surface area contributed by atoms with Crippen molar-refractivity contribution in [2.75, 3.05) is 26.2 Å². The molecule has 1 aromatic carbocycles. The molecule has 0 saturated carbocycles. The van der Waals surface area contributed by atoms with Gasteiger partial charge in [-0.1, -0.05) is 26.0 Å². The van der Waals surface area contributed by atoms with Gasteiger partial charge in [0.2, 0.25) is 0 Å². The van der Waals surface area contributed by atoms with Gasteiger partial charge in [-0.25, -0.2) is 9.18 Å². The molecule has 0 unspecified atom stereocenters. The van der Waals surface area contributed by atoms with Gasteiger partial charge in [0, 0.05) is 13.1 Å². The summed E-state index contributed by atoms with van der Waals surface area (Å²) in [5.74, 6) is -0.182. The molecule has 0 bridgehead atoms. The molecule has 20 heavy (non-hydrogen) atoms. The molecule has 0 radical (unpaired) electrons. The Morgan fingerprint density at radius 2 is 1.90 bits per heavy atom. The second kappa shape index (κ2) is 9.18. The summed E-state index contributed by atoms with van der Waals surface area (Å²) in [6.45, 7) is 6.17. The van der Waals surface area contributed by atoms with E-state index < -0.39 is 5.82 Å². The Labute approximate surface area is 119 Å².